The Morgan fingerprint density at radius 3 is 2.88 bits per heavy atom. The number of hydrogen-bond acceptors (Lipinski definition) is 3. The third kappa shape index (κ3) is 2.16. The first-order valence-corrected chi connectivity index (χ1v) is 7.64. The Hall–Kier alpha value is -0.400. The van der Waals surface area contributed by atoms with Crippen molar-refractivity contribution < 1.29 is 8.42 Å². The van der Waals surface area contributed by atoms with Gasteiger partial charge in [-0.25, -0.2) is 13.4 Å². The van der Waals surface area contributed by atoms with E-state index in [1.807, 2.05) is 0 Å². The normalized spacial score (nSPS) is 22.8. The van der Waals surface area contributed by atoms with Crippen LogP contribution in [0.3, 0.4) is 0 Å². The molecular weight excluding hydrogens is 294 g/mol. The quantitative estimate of drug-likeness (QED) is 0.777. The lowest BCUT2D eigenvalue weighted by Crippen LogP contribution is -2.29. The van der Waals surface area contributed by atoms with Crippen molar-refractivity contribution >= 4 is 26.0 Å². The highest BCUT2D eigenvalue weighted by Crippen LogP contribution is 2.24. The van der Waals surface area contributed by atoms with Crippen LogP contribution in [0.1, 0.15) is 6.42 Å². The fourth-order valence-electron chi connectivity index (χ4n) is 1.80. The van der Waals surface area contributed by atoms with Crippen LogP contribution in [0.4, 0.5) is 0 Å². The minimum absolute atomic E-state index is 0.144. The van der Waals surface area contributed by atoms with Gasteiger partial charge in [-0.15, -0.1) is 0 Å². The molecule has 7 heteroatoms. The Morgan fingerprint density at radius 2 is 2.38 bits per heavy atom. The van der Waals surface area contributed by atoms with Gasteiger partial charge in [0.05, 0.1) is 6.33 Å². The van der Waals surface area contributed by atoms with Crippen LogP contribution in [0.2, 0.25) is 0 Å². The van der Waals surface area contributed by atoms with E-state index in [9.17, 15) is 8.42 Å². The summed E-state index contributed by atoms with van der Waals surface area (Å²) in [5, 5.41) is 0.992. The molecular formula is C9H14BrN3O2S. The summed E-state index contributed by atoms with van der Waals surface area (Å²) in [6.07, 6.45) is 3.96. The van der Waals surface area contributed by atoms with E-state index in [-0.39, 0.29) is 5.03 Å². The van der Waals surface area contributed by atoms with Crippen molar-refractivity contribution in [3.63, 3.8) is 0 Å². The zero-order chi connectivity index (χ0) is 11.8. The number of alkyl halides is 1. The molecule has 1 fully saturated rings. The van der Waals surface area contributed by atoms with E-state index in [4.69, 9.17) is 0 Å². The molecule has 2 rings (SSSR count). The topological polar surface area (TPSA) is 55.2 Å². The number of aromatic nitrogens is 2. The van der Waals surface area contributed by atoms with Crippen molar-refractivity contribution in [1.29, 1.82) is 0 Å². The molecule has 1 aliphatic heterocycles. The van der Waals surface area contributed by atoms with Gasteiger partial charge >= 0.3 is 0 Å². The average Bonchev–Trinajstić information content (AvgIpc) is 2.85. The third-order valence-electron chi connectivity index (χ3n) is 2.75. The number of hydrogen-bond donors (Lipinski definition) is 0. The minimum atomic E-state index is -3.38. The van der Waals surface area contributed by atoms with Crippen LogP contribution in [0.25, 0.3) is 0 Å². The third-order valence-corrected chi connectivity index (χ3v) is 5.42. The SMILES string of the molecule is Cn1cnc(S(=O)(=O)N2CCC(CBr)C2)c1. The van der Waals surface area contributed by atoms with Gasteiger partial charge in [0, 0.05) is 31.7 Å². The predicted octanol–water partition coefficient (Wildman–Crippen LogP) is 0.826. The average molecular weight is 308 g/mol. The zero-order valence-electron chi connectivity index (χ0n) is 9.00. The Bertz CT molecular complexity index is 471. The number of aryl methyl sites for hydroxylation is 1. The molecule has 0 saturated carbocycles. The summed E-state index contributed by atoms with van der Waals surface area (Å²) in [6, 6.07) is 0. The molecule has 0 bridgehead atoms. The lowest BCUT2D eigenvalue weighted by atomic mass is 10.2. The molecule has 1 aromatic rings. The molecule has 1 aliphatic rings. The van der Waals surface area contributed by atoms with E-state index in [2.05, 4.69) is 20.9 Å². The van der Waals surface area contributed by atoms with Crippen LogP contribution < -0.4 is 0 Å². The van der Waals surface area contributed by atoms with E-state index in [1.165, 1.54) is 16.8 Å². The highest BCUT2D eigenvalue weighted by Gasteiger charge is 2.33. The minimum Gasteiger partial charge on any atom is -0.339 e. The van der Waals surface area contributed by atoms with Gasteiger partial charge < -0.3 is 4.57 Å². The Kier molecular flexibility index (Phi) is 3.37. The number of nitrogens with zero attached hydrogens (tertiary/aromatic N) is 3. The molecule has 16 heavy (non-hydrogen) atoms. The van der Waals surface area contributed by atoms with Gasteiger partial charge in [0.15, 0.2) is 5.03 Å². The Balaban J connectivity index is 2.21. The number of halogens is 1. The fourth-order valence-corrected chi connectivity index (χ4v) is 3.82. The molecule has 1 saturated heterocycles. The van der Waals surface area contributed by atoms with Gasteiger partial charge in [0.2, 0.25) is 0 Å². The Labute approximate surface area is 104 Å². The van der Waals surface area contributed by atoms with E-state index in [0.717, 1.165) is 11.8 Å². The largest absolute Gasteiger partial charge is 0.339 e. The zero-order valence-corrected chi connectivity index (χ0v) is 11.4. The molecule has 0 N–H and O–H groups in total. The lowest BCUT2D eigenvalue weighted by Gasteiger charge is -2.13. The van der Waals surface area contributed by atoms with Crippen LogP contribution in [0.5, 0.6) is 0 Å². The number of imidazole rings is 1. The monoisotopic (exact) mass is 307 g/mol. The van der Waals surface area contributed by atoms with Crippen molar-refractivity contribution in [1.82, 2.24) is 13.9 Å². The highest BCUT2D eigenvalue weighted by molar-refractivity contribution is 9.09. The maximum atomic E-state index is 12.1. The highest BCUT2D eigenvalue weighted by atomic mass is 79.9. The summed E-state index contributed by atoms with van der Waals surface area (Å²) in [4.78, 5) is 3.90. The van der Waals surface area contributed by atoms with Crippen LogP contribution >= 0.6 is 15.9 Å². The van der Waals surface area contributed by atoms with Gasteiger partial charge in [-0.3, -0.25) is 0 Å². The molecule has 2 heterocycles. The number of sulfonamides is 1. The van der Waals surface area contributed by atoms with Gasteiger partial charge in [-0.05, 0) is 12.3 Å². The van der Waals surface area contributed by atoms with E-state index < -0.39 is 10.0 Å². The summed E-state index contributed by atoms with van der Waals surface area (Å²) in [7, 11) is -1.62. The second-order valence-corrected chi connectivity index (χ2v) is 6.58. The number of rotatable bonds is 3. The standard InChI is InChI=1S/C9H14BrN3O2S/c1-12-6-9(11-7-12)16(14,15)13-3-2-8(4-10)5-13/h6-8H,2-5H2,1H3. The second kappa shape index (κ2) is 4.46. The van der Waals surface area contributed by atoms with Gasteiger partial charge in [0.1, 0.15) is 0 Å². The molecule has 0 radical (unpaired) electrons. The smallest absolute Gasteiger partial charge is 0.262 e. The first-order valence-electron chi connectivity index (χ1n) is 5.08. The molecule has 1 atom stereocenters. The van der Waals surface area contributed by atoms with Crippen LogP contribution in [0, 0.1) is 5.92 Å². The predicted molar refractivity (Wildman–Crippen MR) is 63.9 cm³/mol. The van der Waals surface area contributed by atoms with Crippen LogP contribution in [-0.4, -0.2) is 40.7 Å². The molecule has 0 aromatic carbocycles. The summed E-state index contributed by atoms with van der Waals surface area (Å²) >= 11 is 3.39. The maximum absolute atomic E-state index is 12.1. The summed E-state index contributed by atoms with van der Waals surface area (Å²) < 4.78 is 27.4. The molecule has 1 unspecified atom stereocenters. The van der Waals surface area contributed by atoms with Crippen molar-refractivity contribution in [2.24, 2.45) is 13.0 Å². The van der Waals surface area contributed by atoms with Crippen molar-refractivity contribution in [2.45, 2.75) is 11.4 Å². The van der Waals surface area contributed by atoms with Crippen LogP contribution in [0.15, 0.2) is 17.6 Å². The van der Waals surface area contributed by atoms with Gasteiger partial charge in [0.25, 0.3) is 10.0 Å². The van der Waals surface area contributed by atoms with Crippen molar-refractivity contribution in [2.75, 3.05) is 18.4 Å². The lowest BCUT2D eigenvalue weighted by molar-refractivity contribution is 0.463. The van der Waals surface area contributed by atoms with E-state index in [1.54, 1.807) is 11.6 Å². The summed E-state index contributed by atoms with van der Waals surface area (Å²) in [5.41, 5.74) is 0. The summed E-state index contributed by atoms with van der Waals surface area (Å²) in [5.74, 6) is 0.415. The first-order chi connectivity index (χ1) is 7.54. The van der Waals surface area contributed by atoms with Crippen molar-refractivity contribution in [3.8, 4) is 0 Å². The second-order valence-electron chi connectivity index (χ2n) is 4.05. The molecule has 1 aromatic heterocycles. The van der Waals surface area contributed by atoms with E-state index >= 15 is 0 Å². The first kappa shape index (κ1) is 12.1. The maximum Gasteiger partial charge on any atom is 0.262 e. The molecule has 5 nitrogen and oxygen atoms in total. The molecule has 0 aliphatic carbocycles. The summed E-state index contributed by atoms with van der Waals surface area (Å²) in [6.45, 7) is 1.18. The Morgan fingerprint density at radius 1 is 1.62 bits per heavy atom. The fraction of sp³-hybridized carbons (Fsp3) is 0.667. The molecule has 0 spiro atoms. The van der Waals surface area contributed by atoms with E-state index in [0.29, 0.717) is 19.0 Å². The van der Waals surface area contributed by atoms with Gasteiger partial charge in [-0.1, -0.05) is 15.9 Å². The van der Waals surface area contributed by atoms with Crippen molar-refractivity contribution in [3.05, 3.63) is 12.5 Å². The van der Waals surface area contributed by atoms with Crippen LogP contribution in [-0.2, 0) is 17.1 Å². The van der Waals surface area contributed by atoms with Gasteiger partial charge in [-0.2, -0.15) is 4.31 Å². The molecule has 0 amide bonds. The molecule has 90 valence electrons.